The van der Waals surface area contributed by atoms with Crippen molar-refractivity contribution in [1.82, 2.24) is 15.3 Å². The van der Waals surface area contributed by atoms with Crippen molar-refractivity contribution in [2.24, 2.45) is 0 Å². The zero-order valence-corrected chi connectivity index (χ0v) is 14.5. The maximum absolute atomic E-state index is 12.1. The molecule has 21 heavy (non-hydrogen) atoms. The Morgan fingerprint density at radius 1 is 1.43 bits per heavy atom. The number of esters is 1. The number of thioether (sulfide) groups is 1. The molecule has 0 aliphatic carbocycles. The van der Waals surface area contributed by atoms with Crippen molar-refractivity contribution in [3.8, 4) is 0 Å². The largest absolute Gasteiger partial charge is 0.465 e. The van der Waals surface area contributed by atoms with Crippen LogP contribution >= 0.6 is 11.8 Å². The van der Waals surface area contributed by atoms with Gasteiger partial charge in [-0.15, -0.1) is 0 Å². The topological polar surface area (TPSA) is 64.1 Å². The van der Waals surface area contributed by atoms with Gasteiger partial charge in [-0.05, 0) is 47.2 Å². The van der Waals surface area contributed by atoms with E-state index in [0.29, 0.717) is 13.0 Å². The number of hydrogen-bond acceptors (Lipinski definition) is 6. The van der Waals surface area contributed by atoms with E-state index in [1.165, 1.54) is 0 Å². The SMILES string of the molecule is CCOC(=O)C(C)(CC(C)Sc1nc(C)cc(C)n1)NC. The van der Waals surface area contributed by atoms with Gasteiger partial charge in [0.25, 0.3) is 0 Å². The minimum atomic E-state index is -0.693. The standard InChI is InChI=1S/C15H25N3O2S/c1-7-20-13(19)15(5,16-6)9-12(4)21-14-17-10(2)8-11(3)18-14/h8,12,16H,7,9H2,1-6H3. The molecule has 0 saturated heterocycles. The molecule has 0 fully saturated rings. The van der Waals surface area contributed by atoms with Crippen LogP contribution in [0, 0.1) is 13.8 Å². The molecule has 0 aromatic carbocycles. The van der Waals surface area contributed by atoms with E-state index in [4.69, 9.17) is 4.74 Å². The molecule has 1 heterocycles. The molecule has 1 aromatic heterocycles. The van der Waals surface area contributed by atoms with E-state index in [-0.39, 0.29) is 11.2 Å². The number of likely N-dealkylation sites (N-methyl/N-ethyl adjacent to an activating group) is 1. The molecule has 2 atom stereocenters. The van der Waals surface area contributed by atoms with Crippen molar-refractivity contribution in [2.45, 2.75) is 57.0 Å². The van der Waals surface area contributed by atoms with E-state index >= 15 is 0 Å². The highest BCUT2D eigenvalue weighted by atomic mass is 32.2. The smallest absolute Gasteiger partial charge is 0.326 e. The fraction of sp³-hybridized carbons (Fsp3) is 0.667. The first kappa shape index (κ1) is 17.9. The molecule has 0 aliphatic rings. The molecule has 1 N–H and O–H groups in total. The van der Waals surface area contributed by atoms with Gasteiger partial charge in [0.2, 0.25) is 0 Å². The second-order valence-electron chi connectivity index (χ2n) is 5.37. The van der Waals surface area contributed by atoms with E-state index in [9.17, 15) is 4.79 Å². The van der Waals surface area contributed by atoms with Crippen molar-refractivity contribution < 1.29 is 9.53 Å². The molecule has 5 nitrogen and oxygen atoms in total. The lowest BCUT2D eigenvalue weighted by Crippen LogP contribution is -2.50. The fourth-order valence-corrected chi connectivity index (χ4v) is 3.29. The molecule has 0 amide bonds. The van der Waals surface area contributed by atoms with Crippen molar-refractivity contribution in [3.63, 3.8) is 0 Å². The lowest BCUT2D eigenvalue weighted by atomic mass is 9.96. The van der Waals surface area contributed by atoms with Crippen LogP contribution in [0.1, 0.15) is 38.6 Å². The van der Waals surface area contributed by atoms with E-state index in [0.717, 1.165) is 16.5 Å². The van der Waals surface area contributed by atoms with Gasteiger partial charge in [0.1, 0.15) is 5.54 Å². The maximum atomic E-state index is 12.1. The Labute approximate surface area is 131 Å². The molecule has 0 spiro atoms. The number of aromatic nitrogens is 2. The van der Waals surface area contributed by atoms with Crippen LogP contribution in [0.3, 0.4) is 0 Å². The Bertz CT molecular complexity index is 476. The molecular weight excluding hydrogens is 286 g/mol. The summed E-state index contributed by atoms with van der Waals surface area (Å²) >= 11 is 1.58. The molecule has 6 heteroatoms. The molecule has 118 valence electrons. The van der Waals surface area contributed by atoms with E-state index < -0.39 is 5.54 Å². The monoisotopic (exact) mass is 311 g/mol. The second kappa shape index (κ2) is 7.75. The van der Waals surface area contributed by atoms with Gasteiger partial charge in [-0.1, -0.05) is 18.7 Å². The van der Waals surface area contributed by atoms with Crippen LogP contribution in [0.15, 0.2) is 11.2 Å². The van der Waals surface area contributed by atoms with E-state index in [1.54, 1.807) is 18.8 Å². The molecule has 0 radical (unpaired) electrons. The van der Waals surface area contributed by atoms with Gasteiger partial charge < -0.3 is 10.1 Å². The van der Waals surface area contributed by atoms with Crippen LogP contribution in [0.25, 0.3) is 0 Å². The number of nitrogens with zero attached hydrogens (tertiary/aromatic N) is 2. The summed E-state index contributed by atoms with van der Waals surface area (Å²) in [6, 6.07) is 1.95. The Balaban J connectivity index is 2.74. The number of hydrogen-bond donors (Lipinski definition) is 1. The summed E-state index contributed by atoms with van der Waals surface area (Å²) in [5.41, 5.74) is 1.22. The van der Waals surface area contributed by atoms with Crippen molar-refractivity contribution in [2.75, 3.05) is 13.7 Å². The summed E-state index contributed by atoms with van der Waals surface area (Å²) < 4.78 is 5.15. The van der Waals surface area contributed by atoms with Gasteiger partial charge in [0, 0.05) is 16.6 Å². The minimum absolute atomic E-state index is 0.188. The van der Waals surface area contributed by atoms with Gasteiger partial charge in [-0.25, -0.2) is 9.97 Å². The van der Waals surface area contributed by atoms with Gasteiger partial charge >= 0.3 is 5.97 Å². The summed E-state index contributed by atoms with van der Waals surface area (Å²) in [5, 5.41) is 4.01. The summed E-state index contributed by atoms with van der Waals surface area (Å²) in [6.45, 7) is 10.1. The van der Waals surface area contributed by atoms with Crippen LogP contribution in [0.4, 0.5) is 0 Å². The predicted molar refractivity (Wildman–Crippen MR) is 85.5 cm³/mol. The van der Waals surface area contributed by atoms with Gasteiger partial charge in [-0.2, -0.15) is 0 Å². The molecule has 1 rings (SSSR count). The molecule has 1 aromatic rings. The second-order valence-corrected chi connectivity index (χ2v) is 6.77. The Kier molecular flexibility index (Phi) is 6.61. The quantitative estimate of drug-likeness (QED) is 0.474. The highest BCUT2D eigenvalue weighted by Crippen LogP contribution is 2.27. The number of carbonyl (C=O) groups is 1. The number of carbonyl (C=O) groups excluding carboxylic acids is 1. The molecule has 0 bridgehead atoms. The van der Waals surface area contributed by atoms with Gasteiger partial charge in [-0.3, -0.25) is 4.79 Å². The molecular formula is C15H25N3O2S. The molecule has 0 saturated carbocycles. The first-order chi connectivity index (χ1) is 9.80. The van der Waals surface area contributed by atoms with Gasteiger partial charge in [0.15, 0.2) is 5.16 Å². The average Bonchev–Trinajstić information content (AvgIpc) is 2.37. The van der Waals surface area contributed by atoms with E-state index in [1.807, 2.05) is 33.8 Å². The normalized spacial score (nSPS) is 15.3. The van der Waals surface area contributed by atoms with Crippen LogP contribution in [-0.4, -0.2) is 40.4 Å². The number of nitrogens with one attached hydrogen (secondary N) is 1. The predicted octanol–water partition coefficient (Wildman–Crippen LogP) is 2.51. The molecule has 2 unspecified atom stereocenters. The third-order valence-electron chi connectivity index (χ3n) is 3.24. The Morgan fingerprint density at radius 3 is 2.48 bits per heavy atom. The van der Waals surface area contributed by atoms with Crippen molar-refractivity contribution in [3.05, 3.63) is 17.5 Å². The fourth-order valence-electron chi connectivity index (χ4n) is 2.12. The summed E-state index contributed by atoms with van der Waals surface area (Å²) in [5.74, 6) is -0.221. The van der Waals surface area contributed by atoms with Crippen LogP contribution < -0.4 is 5.32 Å². The van der Waals surface area contributed by atoms with Crippen LogP contribution in [0.2, 0.25) is 0 Å². The highest BCUT2D eigenvalue weighted by Gasteiger charge is 2.35. The van der Waals surface area contributed by atoms with Crippen molar-refractivity contribution >= 4 is 17.7 Å². The third-order valence-corrected chi connectivity index (χ3v) is 4.20. The average molecular weight is 311 g/mol. The maximum Gasteiger partial charge on any atom is 0.326 e. The number of rotatable bonds is 7. The summed E-state index contributed by atoms with van der Waals surface area (Å²) in [7, 11) is 1.78. The first-order valence-corrected chi connectivity index (χ1v) is 8.03. The van der Waals surface area contributed by atoms with Crippen LogP contribution in [0.5, 0.6) is 0 Å². The summed E-state index contributed by atoms with van der Waals surface area (Å²) in [4.78, 5) is 20.9. The van der Waals surface area contributed by atoms with Crippen LogP contribution in [-0.2, 0) is 9.53 Å². The van der Waals surface area contributed by atoms with Crippen molar-refractivity contribution in [1.29, 1.82) is 0 Å². The third kappa shape index (κ3) is 5.28. The van der Waals surface area contributed by atoms with Gasteiger partial charge in [0.05, 0.1) is 6.61 Å². The Hall–Kier alpha value is -1.14. The van der Waals surface area contributed by atoms with E-state index in [2.05, 4.69) is 22.2 Å². The lowest BCUT2D eigenvalue weighted by molar-refractivity contribution is -0.150. The first-order valence-electron chi connectivity index (χ1n) is 7.15. The summed E-state index contributed by atoms with van der Waals surface area (Å²) in [6.07, 6.45) is 0.642. The zero-order valence-electron chi connectivity index (χ0n) is 13.7. The molecule has 0 aliphatic heterocycles. The lowest BCUT2D eigenvalue weighted by Gasteiger charge is -2.29. The zero-order chi connectivity index (χ0) is 16.0. The highest BCUT2D eigenvalue weighted by molar-refractivity contribution is 7.99. The Morgan fingerprint density at radius 2 is 2.00 bits per heavy atom. The minimum Gasteiger partial charge on any atom is -0.465 e. The number of aryl methyl sites for hydroxylation is 2. The number of ether oxygens (including phenoxy) is 1.